The lowest BCUT2D eigenvalue weighted by molar-refractivity contribution is -0.143. The van der Waals surface area contributed by atoms with Crippen molar-refractivity contribution in [3.8, 4) is 11.1 Å². The summed E-state index contributed by atoms with van der Waals surface area (Å²) >= 11 is 0. The molecule has 5 rings (SSSR count). The molecule has 1 heterocycles. The zero-order valence-electron chi connectivity index (χ0n) is 17.9. The van der Waals surface area contributed by atoms with Crippen LogP contribution in [-0.4, -0.2) is 29.3 Å². The van der Waals surface area contributed by atoms with Gasteiger partial charge in [-0.25, -0.2) is 0 Å². The predicted octanol–water partition coefficient (Wildman–Crippen LogP) is 4.88. The normalized spacial score (nSPS) is 11.6. The molecule has 164 valence electrons. The van der Waals surface area contributed by atoms with E-state index in [4.69, 9.17) is 4.74 Å². The molecule has 0 fully saturated rings. The van der Waals surface area contributed by atoms with Crippen LogP contribution < -0.4 is 5.32 Å². The van der Waals surface area contributed by atoms with Crippen LogP contribution in [0.4, 0.5) is 5.69 Å². The molecule has 0 unspecified atom stereocenters. The van der Waals surface area contributed by atoms with E-state index in [-0.39, 0.29) is 31.1 Å². The van der Waals surface area contributed by atoms with Gasteiger partial charge in [0.15, 0.2) is 12.4 Å². The quantitative estimate of drug-likeness (QED) is 0.280. The molecule has 6 nitrogen and oxygen atoms in total. The number of fused-ring (bicyclic) bond motifs is 4. The molecule has 0 atom stereocenters. The van der Waals surface area contributed by atoms with Gasteiger partial charge in [-0.1, -0.05) is 42.5 Å². The smallest absolute Gasteiger partial charge is 0.306 e. The lowest BCUT2D eigenvalue weighted by atomic mass is 10.0. The van der Waals surface area contributed by atoms with E-state index in [1.807, 2.05) is 48.7 Å². The molecule has 33 heavy (non-hydrogen) atoms. The van der Waals surface area contributed by atoms with Crippen molar-refractivity contribution in [3.05, 3.63) is 89.6 Å². The average Bonchev–Trinajstić information content (AvgIpc) is 3.44. The fraction of sp³-hybridized carbons (Fsp3) is 0.148. The van der Waals surface area contributed by atoms with Crippen molar-refractivity contribution in [1.82, 2.24) is 4.98 Å². The molecule has 1 aromatic heterocycles. The largest absolute Gasteiger partial charge is 0.457 e. The number of esters is 1. The van der Waals surface area contributed by atoms with Crippen LogP contribution in [0.25, 0.3) is 22.0 Å². The van der Waals surface area contributed by atoms with Gasteiger partial charge in [-0.15, -0.1) is 0 Å². The molecule has 0 bridgehead atoms. The van der Waals surface area contributed by atoms with E-state index >= 15 is 0 Å². The number of H-pyrrole nitrogens is 1. The van der Waals surface area contributed by atoms with E-state index in [2.05, 4.69) is 22.4 Å². The minimum absolute atomic E-state index is 0.0209. The zero-order valence-corrected chi connectivity index (χ0v) is 17.9. The van der Waals surface area contributed by atoms with Crippen LogP contribution in [0.1, 0.15) is 34.3 Å². The number of ketones is 1. The van der Waals surface area contributed by atoms with Crippen LogP contribution in [0.5, 0.6) is 0 Å². The average molecular weight is 438 g/mol. The molecule has 2 N–H and O–H groups in total. The Morgan fingerprint density at radius 2 is 1.73 bits per heavy atom. The van der Waals surface area contributed by atoms with Gasteiger partial charge in [0.1, 0.15) is 0 Å². The van der Waals surface area contributed by atoms with Crippen molar-refractivity contribution in [2.45, 2.75) is 19.3 Å². The van der Waals surface area contributed by atoms with Gasteiger partial charge in [0, 0.05) is 29.4 Å². The molecular weight excluding hydrogens is 416 g/mol. The summed E-state index contributed by atoms with van der Waals surface area (Å²) in [5.41, 5.74) is 6.77. The molecule has 0 spiro atoms. The van der Waals surface area contributed by atoms with Crippen molar-refractivity contribution in [2.75, 3.05) is 11.9 Å². The highest BCUT2D eigenvalue weighted by Crippen LogP contribution is 2.36. The van der Waals surface area contributed by atoms with Crippen LogP contribution in [0.2, 0.25) is 0 Å². The fourth-order valence-corrected chi connectivity index (χ4v) is 4.18. The van der Waals surface area contributed by atoms with Crippen LogP contribution in [-0.2, 0) is 20.7 Å². The first-order chi connectivity index (χ1) is 16.1. The van der Waals surface area contributed by atoms with Crippen molar-refractivity contribution in [2.24, 2.45) is 0 Å². The van der Waals surface area contributed by atoms with Gasteiger partial charge in [-0.05, 0) is 58.3 Å². The van der Waals surface area contributed by atoms with Crippen molar-refractivity contribution in [1.29, 1.82) is 0 Å². The van der Waals surface area contributed by atoms with Gasteiger partial charge in [-0.3, -0.25) is 14.4 Å². The Morgan fingerprint density at radius 3 is 2.64 bits per heavy atom. The third kappa shape index (κ3) is 4.41. The fourth-order valence-electron chi connectivity index (χ4n) is 4.18. The molecule has 3 aromatic carbocycles. The highest BCUT2D eigenvalue weighted by molar-refractivity contribution is 5.99. The second-order valence-corrected chi connectivity index (χ2v) is 8.12. The molecular formula is C27H22N2O4. The minimum Gasteiger partial charge on any atom is -0.457 e. The summed E-state index contributed by atoms with van der Waals surface area (Å²) in [6.07, 6.45) is 2.50. The van der Waals surface area contributed by atoms with Crippen molar-refractivity contribution in [3.63, 3.8) is 0 Å². The Bertz CT molecular complexity index is 1390. The first-order valence-electron chi connectivity index (χ1n) is 10.8. The Hall–Kier alpha value is -4.19. The third-order valence-electron chi connectivity index (χ3n) is 5.87. The number of aromatic amines is 1. The molecule has 1 aliphatic carbocycles. The second kappa shape index (κ2) is 8.74. The number of carbonyl (C=O) groups is 3. The predicted molar refractivity (Wildman–Crippen MR) is 126 cm³/mol. The summed E-state index contributed by atoms with van der Waals surface area (Å²) in [4.78, 5) is 39.8. The topological polar surface area (TPSA) is 88.3 Å². The maximum atomic E-state index is 12.5. The van der Waals surface area contributed by atoms with Gasteiger partial charge < -0.3 is 15.0 Å². The van der Waals surface area contributed by atoms with E-state index in [0.29, 0.717) is 11.3 Å². The molecule has 0 saturated heterocycles. The highest BCUT2D eigenvalue weighted by atomic mass is 16.5. The van der Waals surface area contributed by atoms with E-state index < -0.39 is 5.97 Å². The van der Waals surface area contributed by atoms with Crippen LogP contribution >= 0.6 is 0 Å². The third-order valence-corrected chi connectivity index (χ3v) is 5.87. The SMILES string of the molecule is O=C(CCC(=O)OCC(=O)c1ccc2c(c1)Cc1ccccc1-2)Nc1ccc2cc[nH]c2c1. The number of nitrogens with one attached hydrogen (secondary N) is 2. The number of benzene rings is 3. The number of ether oxygens (including phenoxy) is 1. The van der Waals surface area contributed by atoms with Crippen molar-refractivity contribution >= 4 is 34.3 Å². The standard InChI is InChI=1S/C27H22N2O4/c30-25(19-6-8-23-20(14-19)13-18-3-1-2-4-22(18)23)16-33-27(32)10-9-26(31)29-21-7-5-17-11-12-28-24(17)15-21/h1-8,11-12,14-15,28H,9-10,13,16H2,(H,29,31). The molecule has 0 aliphatic heterocycles. The summed E-state index contributed by atoms with van der Waals surface area (Å²) < 4.78 is 5.11. The number of anilines is 1. The Morgan fingerprint density at radius 1 is 0.879 bits per heavy atom. The number of carbonyl (C=O) groups excluding carboxylic acids is 3. The van der Waals surface area contributed by atoms with E-state index in [1.54, 1.807) is 12.1 Å². The molecule has 1 amide bonds. The van der Waals surface area contributed by atoms with Crippen molar-refractivity contribution < 1.29 is 19.1 Å². The summed E-state index contributed by atoms with van der Waals surface area (Å²) in [6.45, 7) is -0.338. The van der Waals surface area contributed by atoms with Gasteiger partial charge in [0.2, 0.25) is 5.91 Å². The summed E-state index contributed by atoms with van der Waals surface area (Å²) in [5.74, 6) is -1.12. The lowest BCUT2D eigenvalue weighted by Crippen LogP contribution is -2.17. The van der Waals surface area contributed by atoms with Gasteiger partial charge in [-0.2, -0.15) is 0 Å². The summed E-state index contributed by atoms with van der Waals surface area (Å²) in [7, 11) is 0. The first-order valence-corrected chi connectivity index (χ1v) is 10.8. The van der Waals surface area contributed by atoms with Crippen LogP contribution in [0.15, 0.2) is 72.9 Å². The van der Waals surface area contributed by atoms with E-state index in [9.17, 15) is 14.4 Å². The number of Topliss-reactive ketones (excluding diaryl/α,β-unsaturated/α-hetero) is 1. The second-order valence-electron chi connectivity index (χ2n) is 8.12. The molecule has 0 radical (unpaired) electrons. The Balaban J connectivity index is 1.10. The lowest BCUT2D eigenvalue weighted by Gasteiger charge is -2.07. The highest BCUT2D eigenvalue weighted by Gasteiger charge is 2.20. The first kappa shape index (κ1) is 20.7. The Kier molecular flexibility index (Phi) is 5.48. The number of amides is 1. The monoisotopic (exact) mass is 438 g/mol. The van der Waals surface area contributed by atoms with E-state index in [1.165, 1.54) is 11.1 Å². The van der Waals surface area contributed by atoms with Crippen LogP contribution in [0.3, 0.4) is 0 Å². The molecule has 0 saturated carbocycles. The van der Waals surface area contributed by atoms with Gasteiger partial charge >= 0.3 is 5.97 Å². The molecule has 4 aromatic rings. The summed E-state index contributed by atoms with van der Waals surface area (Å²) in [6, 6.07) is 21.3. The number of rotatable bonds is 7. The zero-order chi connectivity index (χ0) is 22.8. The number of aromatic nitrogens is 1. The molecule has 6 heteroatoms. The number of hydrogen-bond donors (Lipinski definition) is 2. The summed E-state index contributed by atoms with van der Waals surface area (Å²) in [5, 5.41) is 3.82. The van der Waals surface area contributed by atoms with Gasteiger partial charge in [0.25, 0.3) is 0 Å². The van der Waals surface area contributed by atoms with Crippen LogP contribution in [0, 0.1) is 0 Å². The Labute approximate surface area is 190 Å². The molecule has 1 aliphatic rings. The van der Waals surface area contributed by atoms with E-state index in [0.717, 1.165) is 28.5 Å². The van der Waals surface area contributed by atoms with Gasteiger partial charge in [0.05, 0.1) is 6.42 Å². The number of hydrogen-bond acceptors (Lipinski definition) is 4. The maximum absolute atomic E-state index is 12.5. The maximum Gasteiger partial charge on any atom is 0.306 e. The minimum atomic E-state index is -0.577.